The number of anilines is 1. The zero-order chi connectivity index (χ0) is 22.1. The largest absolute Gasteiger partial charge is 0.358 e. The first-order valence-corrected chi connectivity index (χ1v) is 13.1. The van der Waals surface area contributed by atoms with E-state index in [0.717, 1.165) is 5.69 Å². The van der Waals surface area contributed by atoms with Gasteiger partial charge < -0.3 is 5.09 Å². The van der Waals surface area contributed by atoms with E-state index in [9.17, 15) is 0 Å². The van der Waals surface area contributed by atoms with Gasteiger partial charge in [-0.15, -0.1) is 0 Å². The van der Waals surface area contributed by atoms with E-state index in [4.69, 9.17) is 0 Å². The van der Waals surface area contributed by atoms with Gasteiger partial charge in [-0.2, -0.15) is 0 Å². The molecule has 6 rings (SSSR count). The maximum absolute atomic E-state index is 4.12. The highest BCUT2D eigenvalue weighted by atomic mass is 31.2. The van der Waals surface area contributed by atoms with Crippen LogP contribution in [-0.2, 0) is 0 Å². The Kier molecular flexibility index (Phi) is 4.98. The van der Waals surface area contributed by atoms with E-state index in [1.807, 2.05) is 0 Å². The van der Waals surface area contributed by atoms with E-state index in [1.54, 1.807) is 0 Å². The summed E-state index contributed by atoms with van der Waals surface area (Å²) in [4.78, 5) is 0. The molecule has 0 saturated carbocycles. The van der Waals surface area contributed by atoms with Crippen molar-refractivity contribution in [2.45, 2.75) is 0 Å². The molecular weight excluding hydrogens is 417 g/mol. The number of fused-ring (bicyclic) bond motifs is 3. The summed E-state index contributed by atoms with van der Waals surface area (Å²) in [6.45, 7) is 0. The second kappa shape index (κ2) is 8.28. The molecule has 1 N–H and O–H groups in total. The summed E-state index contributed by atoms with van der Waals surface area (Å²) < 4.78 is 0. The third-order valence-corrected chi connectivity index (χ3v) is 10.2. The van der Waals surface area contributed by atoms with Gasteiger partial charge in [0.2, 0.25) is 0 Å². The zero-order valence-electron chi connectivity index (χ0n) is 18.2. The van der Waals surface area contributed by atoms with Crippen LogP contribution in [0.4, 0.5) is 5.69 Å². The average molecular weight is 442 g/mol. The van der Waals surface area contributed by atoms with E-state index in [2.05, 4.69) is 145 Å². The van der Waals surface area contributed by atoms with Crippen molar-refractivity contribution in [2.24, 2.45) is 0 Å². The van der Waals surface area contributed by atoms with E-state index in [0.29, 0.717) is 0 Å². The molecule has 0 fully saturated rings. The Bertz CT molecular complexity index is 1380. The van der Waals surface area contributed by atoms with Gasteiger partial charge in [-0.1, -0.05) is 127 Å². The quantitative estimate of drug-likeness (QED) is 0.293. The smallest absolute Gasteiger partial charge is 0.0376 e. The number of rotatable bonds is 4. The first-order chi connectivity index (χ1) is 16.4. The summed E-state index contributed by atoms with van der Waals surface area (Å²) in [7, 11) is -2.27. The van der Waals surface area contributed by atoms with E-state index in [-0.39, 0.29) is 0 Å². The lowest BCUT2D eigenvalue weighted by atomic mass is 10.1. The van der Waals surface area contributed by atoms with Crippen molar-refractivity contribution in [1.82, 2.24) is 0 Å². The summed E-state index contributed by atoms with van der Waals surface area (Å²) in [5.41, 5.74) is 6.41. The van der Waals surface area contributed by atoms with Crippen molar-refractivity contribution in [2.75, 3.05) is 5.09 Å². The molecule has 2 heteroatoms. The Morgan fingerprint density at radius 2 is 0.727 bits per heavy atom. The molecule has 33 heavy (non-hydrogen) atoms. The molecule has 5 aromatic carbocycles. The first kappa shape index (κ1) is 19.9. The third-order valence-electron chi connectivity index (χ3n) is 6.35. The lowest BCUT2D eigenvalue weighted by Crippen LogP contribution is -2.28. The van der Waals surface area contributed by atoms with Crippen molar-refractivity contribution >= 4 is 28.6 Å². The minimum absolute atomic E-state index is 1.13. The molecule has 0 spiro atoms. The van der Waals surface area contributed by atoms with Crippen LogP contribution in [0.15, 0.2) is 140 Å². The van der Waals surface area contributed by atoms with Gasteiger partial charge >= 0.3 is 0 Å². The van der Waals surface area contributed by atoms with Gasteiger partial charge in [0.1, 0.15) is 0 Å². The van der Waals surface area contributed by atoms with Gasteiger partial charge in [-0.25, -0.2) is 0 Å². The van der Waals surface area contributed by atoms with Crippen LogP contribution in [0.1, 0.15) is 11.1 Å². The van der Waals surface area contributed by atoms with Crippen molar-refractivity contribution in [1.29, 1.82) is 0 Å². The molecule has 158 valence electrons. The fourth-order valence-electron chi connectivity index (χ4n) is 4.96. The number of para-hydroxylation sites is 1. The SMILES string of the molecule is c1ccc(NP(=C2c3ccccc3-c3ccccc32)(c2ccccc2)c2ccccc2)cc1. The minimum Gasteiger partial charge on any atom is -0.358 e. The molecule has 1 aliphatic carbocycles. The summed E-state index contributed by atoms with van der Waals surface area (Å²) in [5, 5.41) is 8.16. The van der Waals surface area contributed by atoms with Crippen LogP contribution in [0.3, 0.4) is 0 Å². The van der Waals surface area contributed by atoms with Crippen LogP contribution in [0, 0.1) is 0 Å². The lowest BCUT2D eigenvalue weighted by molar-refractivity contribution is 1.65. The Morgan fingerprint density at radius 1 is 0.364 bits per heavy atom. The summed E-state index contributed by atoms with van der Waals surface area (Å²) in [6.07, 6.45) is 0. The van der Waals surface area contributed by atoms with E-state index < -0.39 is 7.04 Å². The summed E-state index contributed by atoms with van der Waals surface area (Å²) in [5.74, 6) is 0. The Labute approximate surface area is 195 Å². The number of hydrogen-bond donors (Lipinski definition) is 1. The summed E-state index contributed by atoms with van der Waals surface area (Å²) >= 11 is 0. The molecular formula is C31H24NP. The van der Waals surface area contributed by atoms with Crippen molar-refractivity contribution in [3.8, 4) is 11.1 Å². The molecule has 5 aromatic rings. The fourth-order valence-corrected chi connectivity index (χ4v) is 9.03. The number of benzene rings is 5. The maximum atomic E-state index is 4.12. The van der Waals surface area contributed by atoms with Crippen LogP contribution < -0.4 is 15.7 Å². The van der Waals surface area contributed by atoms with Crippen LogP contribution in [0.25, 0.3) is 11.1 Å². The monoisotopic (exact) mass is 441 g/mol. The molecule has 0 aromatic heterocycles. The predicted octanol–water partition coefficient (Wildman–Crippen LogP) is 6.93. The lowest BCUT2D eigenvalue weighted by Gasteiger charge is -2.33. The molecule has 0 heterocycles. The van der Waals surface area contributed by atoms with Gasteiger partial charge in [0.15, 0.2) is 0 Å². The number of nitrogens with one attached hydrogen (secondary N) is 1. The van der Waals surface area contributed by atoms with Gasteiger partial charge in [-0.3, -0.25) is 0 Å². The predicted molar refractivity (Wildman–Crippen MR) is 144 cm³/mol. The van der Waals surface area contributed by atoms with Crippen molar-refractivity contribution in [3.63, 3.8) is 0 Å². The van der Waals surface area contributed by atoms with Crippen LogP contribution in [0.2, 0.25) is 0 Å². The molecule has 0 unspecified atom stereocenters. The van der Waals surface area contributed by atoms with Gasteiger partial charge in [0.25, 0.3) is 0 Å². The van der Waals surface area contributed by atoms with Gasteiger partial charge in [-0.05, 0) is 45.0 Å². The van der Waals surface area contributed by atoms with E-state index >= 15 is 0 Å². The van der Waals surface area contributed by atoms with Crippen LogP contribution in [-0.4, -0.2) is 5.29 Å². The van der Waals surface area contributed by atoms with Gasteiger partial charge in [0.05, 0.1) is 0 Å². The molecule has 0 amide bonds. The maximum Gasteiger partial charge on any atom is 0.0376 e. The second-order valence-electron chi connectivity index (χ2n) is 8.26. The summed E-state index contributed by atoms with van der Waals surface area (Å²) in [6, 6.07) is 50.3. The molecule has 1 aliphatic rings. The standard InChI is InChI=1S/C31H24NP/c1-4-14-24(15-5-1)32-33(25-16-6-2-7-17-25,26-18-8-3-9-19-26)31-29-22-12-10-20-27(29)28-21-11-13-23-30(28)31/h1-23,32H. The molecule has 0 atom stereocenters. The Balaban J connectivity index is 1.84. The fraction of sp³-hybridized carbons (Fsp3) is 0. The van der Waals surface area contributed by atoms with Gasteiger partial charge in [0, 0.05) is 18.0 Å². The van der Waals surface area contributed by atoms with Crippen molar-refractivity contribution < 1.29 is 0 Å². The van der Waals surface area contributed by atoms with Crippen LogP contribution in [0.5, 0.6) is 0 Å². The topological polar surface area (TPSA) is 12.0 Å². The third kappa shape index (κ3) is 3.25. The molecule has 1 nitrogen and oxygen atoms in total. The molecule has 0 aliphatic heterocycles. The normalized spacial score (nSPS) is 12.2. The highest BCUT2D eigenvalue weighted by Gasteiger charge is 2.35. The highest BCUT2D eigenvalue weighted by Crippen LogP contribution is 2.54. The Hall–Kier alpha value is -3.80. The number of hydrogen-bond acceptors (Lipinski definition) is 1. The molecule has 0 radical (unpaired) electrons. The zero-order valence-corrected chi connectivity index (χ0v) is 19.1. The molecule has 0 saturated heterocycles. The second-order valence-corrected chi connectivity index (χ2v) is 11.3. The van der Waals surface area contributed by atoms with E-state index in [1.165, 1.54) is 38.2 Å². The van der Waals surface area contributed by atoms with Crippen LogP contribution >= 0.6 is 7.04 Å². The Morgan fingerprint density at radius 3 is 1.18 bits per heavy atom. The average Bonchev–Trinajstić information content (AvgIpc) is 3.24. The minimum atomic E-state index is -2.27. The molecule has 0 bridgehead atoms. The van der Waals surface area contributed by atoms with Crippen molar-refractivity contribution in [3.05, 3.63) is 151 Å². The first-order valence-electron chi connectivity index (χ1n) is 11.3. The highest BCUT2D eigenvalue weighted by molar-refractivity contribution is 7.91.